The van der Waals surface area contributed by atoms with E-state index in [1.54, 1.807) is 9.47 Å². The lowest BCUT2D eigenvalue weighted by atomic mass is 9.96. The van der Waals surface area contributed by atoms with Gasteiger partial charge in [0.25, 0.3) is 0 Å². The number of piperidine rings is 3. The van der Waals surface area contributed by atoms with Gasteiger partial charge in [-0.2, -0.15) is 0 Å². The molecule has 3 fully saturated rings. The summed E-state index contributed by atoms with van der Waals surface area (Å²) in [5.74, 6) is -0.0515. The third kappa shape index (κ3) is 8.44. The molecule has 13 heteroatoms. The van der Waals surface area contributed by atoms with Crippen molar-refractivity contribution in [3.63, 3.8) is 0 Å². The van der Waals surface area contributed by atoms with Gasteiger partial charge >= 0.3 is 11.7 Å². The maximum absolute atomic E-state index is 14.1. The van der Waals surface area contributed by atoms with Crippen LogP contribution in [0, 0.1) is 0 Å². The number of aromatic amines is 1. The zero-order valence-electron chi connectivity index (χ0n) is 28.4. The smallest absolute Gasteiger partial charge is 0.326 e. The van der Waals surface area contributed by atoms with Crippen LogP contribution in [-0.2, 0) is 11.2 Å². The minimum absolute atomic E-state index is 0.0119. The maximum Gasteiger partial charge on any atom is 0.326 e. The first kappa shape index (κ1) is 35.7. The third-order valence-electron chi connectivity index (χ3n) is 10.7. The Kier molecular flexibility index (Phi) is 11.5. The second kappa shape index (κ2) is 15.8. The van der Waals surface area contributed by atoms with Crippen LogP contribution in [0.4, 0.5) is 10.5 Å². The minimum Gasteiger partial charge on any atom is -0.397 e. The molecule has 3 amide bonds. The molecule has 0 aliphatic carbocycles. The second-order valence-corrected chi connectivity index (χ2v) is 15.6. The van der Waals surface area contributed by atoms with Crippen molar-refractivity contribution in [3.8, 4) is 11.3 Å². The van der Waals surface area contributed by atoms with Crippen molar-refractivity contribution >= 4 is 49.5 Å². The Morgan fingerprint density at radius 2 is 1.49 bits per heavy atom. The van der Waals surface area contributed by atoms with Gasteiger partial charge in [0.2, 0.25) is 5.91 Å². The van der Waals surface area contributed by atoms with Crippen molar-refractivity contribution in [1.82, 2.24) is 34.5 Å². The van der Waals surface area contributed by atoms with Gasteiger partial charge in [0, 0.05) is 65.9 Å². The van der Waals surface area contributed by atoms with E-state index < -0.39 is 6.04 Å². The summed E-state index contributed by atoms with van der Waals surface area (Å²) in [7, 11) is 4.33. The molecule has 1 aromatic heterocycles. The molecule has 4 N–H and O–H groups in total. The van der Waals surface area contributed by atoms with Crippen molar-refractivity contribution in [2.45, 2.75) is 69.1 Å². The Labute approximate surface area is 305 Å². The van der Waals surface area contributed by atoms with Crippen LogP contribution < -0.4 is 16.7 Å². The Bertz CT molecular complexity index is 1630. The number of anilines is 1. The average molecular weight is 801 g/mol. The highest BCUT2D eigenvalue weighted by Crippen LogP contribution is 2.31. The number of urea groups is 1. The summed E-state index contributed by atoms with van der Waals surface area (Å²) in [6.07, 6.45) is 7.76. The molecule has 3 aromatic rings. The van der Waals surface area contributed by atoms with E-state index in [1.165, 1.54) is 12.8 Å². The number of aromatic nitrogens is 2. The third-order valence-corrected chi connectivity index (χ3v) is 12.0. The van der Waals surface area contributed by atoms with Crippen LogP contribution in [0.2, 0.25) is 0 Å². The van der Waals surface area contributed by atoms with Gasteiger partial charge in [-0.1, -0.05) is 30.3 Å². The van der Waals surface area contributed by atoms with E-state index in [1.807, 2.05) is 53.6 Å². The minimum atomic E-state index is -0.722. The average Bonchev–Trinajstić information content (AvgIpc) is 3.51. The zero-order valence-corrected chi connectivity index (χ0v) is 31.6. The topological polar surface area (TPSA) is 123 Å². The first-order chi connectivity index (χ1) is 23.6. The first-order valence-corrected chi connectivity index (χ1v) is 19.0. The highest BCUT2D eigenvalue weighted by Gasteiger charge is 2.34. The van der Waals surface area contributed by atoms with E-state index in [0.717, 1.165) is 51.7 Å². The summed E-state index contributed by atoms with van der Waals surface area (Å²) < 4.78 is 3.24. The fourth-order valence-electron chi connectivity index (χ4n) is 7.66. The Morgan fingerprint density at radius 3 is 2.10 bits per heavy atom. The molecule has 0 bridgehead atoms. The number of nitrogen functional groups attached to an aromatic ring is 1. The molecule has 0 spiro atoms. The van der Waals surface area contributed by atoms with E-state index in [9.17, 15) is 14.4 Å². The first-order valence-electron chi connectivity index (χ1n) is 17.4. The van der Waals surface area contributed by atoms with E-state index in [2.05, 4.69) is 66.1 Å². The Hall–Kier alpha value is -3.13. The number of H-pyrrole nitrogens is 1. The predicted molar refractivity (Wildman–Crippen MR) is 200 cm³/mol. The van der Waals surface area contributed by atoms with Gasteiger partial charge in [-0.15, -0.1) is 0 Å². The number of likely N-dealkylation sites (tertiary alicyclic amines) is 3. The van der Waals surface area contributed by atoms with Gasteiger partial charge in [-0.05, 0) is 121 Å². The number of benzene rings is 2. The standard InChI is InChI=1S/C36H48Br2N8O3/c1-42(2)26-8-14-43(15-9-26)27-10-16-44(17-11-27)34(47)31(22-24-20-29(37)33(39)30(38)21-24)40-35(48)45-18-12-28(13-19-45)46-23-32(41-36(46)49)25-6-4-3-5-7-25/h3-7,20-21,23,26-28,31H,8-19,22,39H2,1-2H3,(H,40,48)(H,41,49)/t31-/m0/s1. The number of imidazole rings is 1. The van der Waals surface area contributed by atoms with Gasteiger partial charge in [0.05, 0.1) is 11.4 Å². The van der Waals surface area contributed by atoms with Crippen molar-refractivity contribution < 1.29 is 9.59 Å². The van der Waals surface area contributed by atoms with E-state index in [0.29, 0.717) is 63.2 Å². The molecule has 0 saturated carbocycles. The molecule has 2 aromatic carbocycles. The zero-order chi connectivity index (χ0) is 34.7. The maximum atomic E-state index is 14.1. The molecule has 0 radical (unpaired) electrons. The molecular weight excluding hydrogens is 752 g/mol. The van der Waals surface area contributed by atoms with Crippen LogP contribution in [0.15, 0.2) is 62.4 Å². The molecule has 264 valence electrons. The van der Waals surface area contributed by atoms with E-state index >= 15 is 0 Å². The molecule has 3 saturated heterocycles. The highest BCUT2D eigenvalue weighted by molar-refractivity contribution is 9.11. The lowest BCUT2D eigenvalue weighted by Gasteiger charge is -2.43. The highest BCUT2D eigenvalue weighted by atomic mass is 79.9. The van der Waals surface area contributed by atoms with Gasteiger partial charge in [0.1, 0.15) is 6.04 Å². The van der Waals surface area contributed by atoms with E-state index in [4.69, 9.17) is 5.73 Å². The number of hydrogen-bond acceptors (Lipinski definition) is 6. The summed E-state index contributed by atoms with van der Waals surface area (Å²) >= 11 is 7.07. The van der Waals surface area contributed by atoms with Gasteiger partial charge < -0.3 is 35.6 Å². The van der Waals surface area contributed by atoms with Gasteiger partial charge in [-0.25, -0.2) is 9.59 Å². The fourth-order valence-corrected chi connectivity index (χ4v) is 8.94. The summed E-state index contributed by atoms with van der Waals surface area (Å²) in [5, 5.41) is 3.11. The predicted octanol–water partition coefficient (Wildman–Crippen LogP) is 4.93. The quantitative estimate of drug-likeness (QED) is 0.278. The number of nitrogens with one attached hydrogen (secondary N) is 2. The van der Waals surface area contributed by atoms with Crippen LogP contribution in [0.5, 0.6) is 0 Å². The number of rotatable bonds is 8. The van der Waals surface area contributed by atoms with Gasteiger partial charge in [0.15, 0.2) is 0 Å². The van der Waals surface area contributed by atoms with E-state index in [-0.39, 0.29) is 23.7 Å². The summed E-state index contributed by atoms with van der Waals surface area (Å²) in [5.41, 5.74) is 9.23. The largest absolute Gasteiger partial charge is 0.397 e. The van der Waals surface area contributed by atoms with Crippen LogP contribution in [0.3, 0.4) is 0 Å². The molecule has 3 aliphatic heterocycles. The van der Waals surface area contributed by atoms with Crippen LogP contribution >= 0.6 is 31.9 Å². The molecule has 0 unspecified atom stereocenters. The fraction of sp³-hybridized carbons (Fsp3) is 0.528. The monoisotopic (exact) mass is 798 g/mol. The number of amides is 3. The second-order valence-electron chi connectivity index (χ2n) is 13.9. The molecule has 11 nitrogen and oxygen atoms in total. The normalized spacial score (nSPS) is 19.4. The van der Waals surface area contributed by atoms with Crippen molar-refractivity contribution in [3.05, 3.63) is 73.7 Å². The molecule has 1 atom stereocenters. The lowest BCUT2D eigenvalue weighted by Crippen LogP contribution is -2.57. The van der Waals surface area contributed by atoms with Gasteiger partial charge in [-0.3, -0.25) is 9.36 Å². The Balaban J connectivity index is 1.09. The molecule has 3 aliphatic rings. The molecule has 49 heavy (non-hydrogen) atoms. The van der Waals surface area contributed by atoms with Crippen molar-refractivity contribution in [2.75, 3.05) is 59.1 Å². The SMILES string of the molecule is CN(C)C1CCN(C2CCN(C(=O)[C@H](Cc3cc(Br)c(N)c(Br)c3)NC(=O)N3CCC(n4cc(-c5ccccc5)[nH]c4=O)CC3)CC2)CC1. The number of nitrogens with zero attached hydrogens (tertiary/aromatic N) is 5. The number of hydrogen-bond donors (Lipinski definition) is 3. The van der Waals surface area contributed by atoms with Crippen LogP contribution in [0.1, 0.15) is 50.1 Å². The molecular formula is C36H48Br2N8O3. The summed E-state index contributed by atoms with van der Waals surface area (Å²) in [6.45, 7) is 4.55. The van der Waals surface area contributed by atoms with Crippen LogP contribution in [-0.4, -0.2) is 113 Å². The summed E-state index contributed by atoms with van der Waals surface area (Å²) in [4.78, 5) is 52.3. The lowest BCUT2D eigenvalue weighted by molar-refractivity contribution is -0.135. The van der Waals surface area contributed by atoms with Crippen LogP contribution in [0.25, 0.3) is 11.3 Å². The number of carbonyl (C=O) groups excluding carboxylic acids is 2. The summed E-state index contributed by atoms with van der Waals surface area (Å²) in [6, 6.07) is 13.8. The molecule has 6 rings (SSSR count). The number of nitrogens with two attached hydrogens (primary N) is 1. The number of halogens is 2. The number of carbonyl (C=O) groups is 2. The molecule has 4 heterocycles. The Morgan fingerprint density at radius 1 is 0.898 bits per heavy atom. The van der Waals surface area contributed by atoms with Crippen molar-refractivity contribution in [2.24, 2.45) is 0 Å². The van der Waals surface area contributed by atoms with Crippen molar-refractivity contribution in [1.29, 1.82) is 0 Å².